The molecule has 80 valence electrons. The first-order valence-electron chi connectivity index (χ1n) is 4.29. The Morgan fingerprint density at radius 2 is 2.14 bits per heavy atom. The average molecular weight is 237 g/mol. The lowest BCUT2D eigenvalue weighted by atomic mass is 10.2. The van der Waals surface area contributed by atoms with Gasteiger partial charge in [0.1, 0.15) is 4.90 Å². The van der Waals surface area contributed by atoms with E-state index >= 15 is 0 Å². The number of hydrogen-bond acceptors (Lipinski definition) is 3. The van der Waals surface area contributed by atoms with Crippen molar-refractivity contribution in [1.82, 2.24) is 9.78 Å². The van der Waals surface area contributed by atoms with E-state index in [1.165, 1.54) is 6.20 Å². The maximum absolute atomic E-state index is 11.1. The van der Waals surface area contributed by atoms with Crippen LogP contribution in [0.5, 0.6) is 0 Å². The summed E-state index contributed by atoms with van der Waals surface area (Å²) in [4.78, 5) is 0.0971. The maximum Gasteiger partial charge on any atom is 0.264 e. The fourth-order valence-electron chi connectivity index (χ4n) is 1.20. The smallest absolute Gasteiger partial charge is 0.264 e. The van der Waals surface area contributed by atoms with Crippen LogP contribution in [0.3, 0.4) is 0 Å². The summed E-state index contributed by atoms with van der Waals surface area (Å²) in [5, 5.41) is 3.98. The predicted molar refractivity (Wildman–Crippen MR) is 54.8 cm³/mol. The first-order valence-corrected chi connectivity index (χ1v) is 6.60. The van der Waals surface area contributed by atoms with Gasteiger partial charge in [-0.2, -0.15) is 5.10 Å². The molecule has 0 saturated heterocycles. The minimum atomic E-state index is -3.66. The standard InChI is InChI=1S/C8H13ClN2O2S/c1-6(2)5-11-7(3)8(4-10-11)14(9,12)13/h4,6H,5H2,1-3H3. The van der Waals surface area contributed by atoms with Crippen LogP contribution in [-0.2, 0) is 15.6 Å². The summed E-state index contributed by atoms with van der Waals surface area (Å²) in [6, 6.07) is 0. The summed E-state index contributed by atoms with van der Waals surface area (Å²) in [7, 11) is 1.57. The van der Waals surface area contributed by atoms with Crippen LogP contribution >= 0.6 is 10.7 Å². The van der Waals surface area contributed by atoms with E-state index in [9.17, 15) is 8.42 Å². The Morgan fingerprint density at radius 3 is 2.50 bits per heavy atom. The fourth-order valence-corrected chi connectivity index (χ4v) is 2.28. The van der Waals surface area contributed by atoms with Crippen LogP contribution in [-0.4, -0.2) is 18.2 Å². The number of rotatable bonds is 3. The van der Waals surface area contributed by atoms with Crippen molar-refractivity contribution in [3.8, 4) is 0 Å². The summed E-state index contributed by atoms with van der Waals surface area (Å²) in [5.41, 5.74) is 0.591. The number of hydrogen-bond donors (Lipinski definition) is 0. The summed E-state index contributed by atoms with van der Waals surface area (Å²) in [5.74, 6) is 0.416. The van der Waals surface area contributed by atoms with Crippen molar-refractivity contribution in [3.05, 3.63) is 11.9 Å². The van der Waals surface area contributed by atoms with Crippen LogP contribution in [0.4, 0.5) is 0 Å². The first kappa shape index (κ1) is 11.5. The minimum Gasteiger partial charge on any atom is -0.268 e. The Bertz CT molecular complexity index is 423. The lowest BCUT2D eigenvalue weighted by Gasteiger charge is -2.06. The summed E-state index contributed by atoms with van der Waals surface area (Å²) in [6.45, 7) is 6.47. The monoisotopic (exact) mass is 236 g/mol. The highest BCUT2D eigenvalue weighted by atomic mass is 35.7. The molecule has 0 atom stereocenters. The third-order valence-corrected chi connectivity index (χ3v) is 3.28. The zero-order chi connectivity index (χ0) is 10.9. The van der Waals surface area contributed by atoms with E-state index in [2.05, 4.69) is 5.10 Å². The van der Waals surface area contributed by atoms with E-state index in [0.717, 1.165) is 0 Å². The highest BCUT2D eigenvalue weighted by molar-refractivity contribution is 8.13. The van der Waals surface area contributed by atoms with Gasteiger partial charge >= 0.3 is 0 Å². The maximum atomic E-state index is 11.1. The summed E-state index contributed by atoms with van der Waals surface area (Å²) in [6.07, 6.45) is 1.29. The summed E-state index contributed by atoms with van der Waals surface area (Å²) >= 11 is 0. The van der Waals surface area contributed by atoms with Crippen LogP contribution in [0.15, 0.2) is 11.1 Å². The number of nitrogens with zero attached hydrogens (tertiary/aromatic N) is 2. The Labute approximate surface area is 88.3 Å². The molecule has 0 amide bonds. The van der Waals surface area contributed by atoms with E-state index in [4.69, 9.17) is 10.7 Å². The van der Waals surface area contributed by atoms with Gasteiger partial charge in [-0.15, -0.1) is 0 Å². The Balaban J connectivity index is 3.09. The van der Waals surface area contributed by atoms with Crippen molar-refractivity contribution in [2.45, 2.75) is 32.2 Å². The van der Waals surface area contributed by atoms with Crippen molar-refractivity contribution < 1.29 is 8.42 Å². The molecule has 0 aromatic carbocycles. The van der Waals surface area contributed by atoms with Crippen LogP contribution in [0.2, 0.25) is 0 Å². The van der Waals surface area contributed by atoms with Crippen molar-refractivity contribution in [2.24, 2.45) is 5.92 Å². The molecular formula is C8H13ClN2O2S. The Hall–Kier alpha value is -0.550. The lowest BCUT2D eigenvalue weighted by Crippen LogP contribution is -2.08. The SMILES string of the molecule is Cc1c(S(=O)(=O)Cl)cnn1CC(C)C. The molecule has 0 fully saturated rings. The Kier molecular flexibility index (Phi) is 3.21. The van der Waals surface area contributed by atoms with Crippen LogP contribution in [0, 0.1) is 12.8 Å². The van der Waals surface area contributed by atoms with Gasteiger partial charge in [0.05, 0.1) is 11.9 Å². The minimum absolute atomic E-state index is 0.0971. The molecule has 0 aliphatic heterocycles. The van der Waals surface area contributed by atoms with Crippen molar-refractivity contribution in [1.29, 1.82) is 0 Å². The van der Waals surface area contributed by atoms with Crippen LogP contribution < -0.4 is 0 Å². The lowest BCUT2D eigenvalue weighted by molar-refractivity contribution is 0.473. The molecule has 0 N–H and O–H groups in total. The molecule has 1 rings (SSSR count). The molecule has 6 heteroatoms. The number of halogens is 1. The fraction of sp³-hybridized carbons (Fsp3) is 0.625. The quantitative estimate of drug-likeness (QED) is 0.752. The molecular weight excluding hydrogens is 224 g/mol. The topological polar surface area (TPSA) is 52.0 Å². The molecule has 4 nitrogen and oxygen atoms in total. The van der Waals surface area contributed by atoms with Gasteiger partial charge < -0.3 is 0 Å². The molecule has 0 unspecified atom stereocenters. The molecule has 0 bridgehead atoms. The zero-order valence-corrected chi connectivity index (χ0v) is 9.93. The second-order valence-corrected chi connectivity index (χ2v) is 6.14. The van der Waals surface area contributed by atoms with E-state index in [1.807, 2.05) is 13.8 Å². The third-order valence-electron chi connectivity index (χ3n) is 1.86. The van der Waals surface area contributed by atoms with Crippen LogP contribution in [0.1, 0.15) is 19.5 Å². The van der Waals surface area contributed by atoms with Crippen molar-refractivity contribution in [3.63, 3.8) is 0 Å². The molecule has 1 aromatic heterocycles. The van der Waals surface area contributed by atoms with Gasteiger partial charge in [0, 0.05) is 17.2 Å². The summed E-state index contributed by atoms with van der Waals surface area (Å²) < 4.78 is 23.8. The van der Waals surface area contributed by atoms with E-state index in [1.54, 1.807) is 11.6 Å². The van der Waals surface area contributed by atoms with Gasteiger partial charge in [0.25, 0.3) is 9.05 Å². The molecule has 0 spiro atoms. The molecule has 0 radical (unpaired) electrons. The second-order valence-electron chi connectivity index (χ2n) is 3.61. The largest absolute Gasteiger partial charge is 0.268 e. The van der Waals surface area contributed by atoms with Gasteiger partial charge in [-0.05, 0) is 12.8 Å². The first-order chi connectivity index (χ1) is 6.32. The average Bonchev–Trinajstić information content (AvgIpc) is 2.30. The van der Waals surface area contributed by atoms with Gasteiger partial charge in [-0.3, -0.25) is 4.68 Å². The highest BCUT2D eigenvalue weighted by Gasteiger charge is 2.18. The zero-order valence-electron chi connectivity index (χ0n) is 8.36. The second kappa shape index (κ2) is 3.90. The molecule has 0 saturated carbocycles. The van der Waals surface area contributed by atoms with Gasteiger partial charge in [0.15, 0.2) is 0 Å². The molecule has 1 aromatic rings. The molecule has 0 aliphatic carbocycles. The van der Waals surface area contributed by atoms with Gasteiger partial charge in [-0.25, -0.2) is 8.42 Å². The van der Waals surface area contributed by atoms with Gasteiger partial charge in [-0.1, -0.05) is 13.8 Å². The predicted octanol–water partition coefficient (Wildman–Crippen LogP) is 1.78. The normalized spacial score (nSPS) is 12.4. The Morgan fingerprint density at radius 1 is 1.57 bits per heavy atom. The van der Waals surface area contributed by atoms with E-state index in [-0.39, 0.29) is 4.90 Å². The third kappa shape index (κ3) is 2.48. The highest BCUT2D eigenvalue weighted by Crippen LogP contribution is 2.19. The van der Waals surface area contributed by atoms with Crippen molar-refractivity contribution in [2.75, 3.05) is 0 Å². The van der Waals surface area contributed by atoms with Crippen molar-refractivity contribution >= 4 is 19.7 Å². The van der Waals surface area contributed by atoms with Crippen LogP contribution in [0.25, 0.3) is 0 Å². The van der Waals surface area contributed by atoms with E-state index < -0.39 is 9.05 Å². The molecule has 1 heterocycles. The molecule has 0 aliphatic rings. The van der Waals surface area contributed by atoms with Gasteiger partial charge in [0.2, 0.25) is 0 Å². The number of aromatic nitrogens is 2. The van der Waals surface area contributed by atoms with E-state index in [0.29, 0.717) is 18.2 Å². The molecule has 14 heavy (non-hydrogen) atoms.